The predicted octanol–water partition coefficient (Wildman–Crippen LogP) is 2.00. The summed E-state index contributed by atoms with van der Waals surface area (Å²) in [5.41, 5.74) is 1.07. The molecule has 0 aliphatic carbocycles. The Bertz CT molecular complexity index is 447. The third-order valence-electron chi connectivity index (χ3n) is 3.79. The van der Waals surface area contributed by atoms with Crippen LogP contribution in [-0.4, -0.2) is 41.7 Å². The minimum Gasteiger partial charge on any atom is -0.494 e. The van der Waals surface area contributed by atoms with Gasteiger partial charge in [-0.15, -0.1) is 0 Å². The Morgan fingerprint density at radius 2 is 2.25 bits per heavy atom. The van der Waals surface area contributed by atoms with Crippen LogP contribution in [0.5, 0.6) is 5.75 Å². The largest absolute Gasteiger partial charge is 0.494 e. The predicted molar refractivity (Wildman–Crippen MR) is 77.8 cm³/mol. The van der Waals surface area contributed by atoms with Gasteiger partial charge in [0.05, 0.1) is 19.3 Å². The van der Waals surface area contributed by atoms with E-state index in [1.54, 1.807) is 0 Å². The SMILES string of the molecule is CCOc1ccccc1CCC(=O)N1CCC[C@H]1CO. The molecule has 0 spiro atoms. The zero-order valence-electron chi connectivity index (χ0n) is 12.0. The molecule has 2 rings (SSSR count). The number of benzene rings is 1. The summed E-state index contributed by atoms with van der Waals surface area (Å²) in [6.45, 7) is 3.43. The van der Waals surface area contributed by atoms with E-state index in [1.807, 2.05) is 36.1 Å². The van der Waals surface area contributed by atoms with Gasteiger partial charge in [-0.1, -0.05) is 18.2 Å². The number of carbonyl (C=O) groups excluding carboxylic acids is 1. The zero-order valence-corrected chi connectivity index (χ0v) is 12.0. The lowest BCUT2D eigenvalue weighted by atomic mass is 10.1. The molecule has 1 aliphatic rings. The highest BCUT2D eigenvalue weighted by Gasteiger charge is 2.27. The zero-order chi connectivity index (χ0) is 14.4. The average Bonchev–Trinajstić information content (AvgIpc) is 2.95. The number of aliphatic hydroxyl groups is 1. The van der Waals surface area contributed by atoms with Crippen LogP contribution in [0.3, 0.4) is 0 Å². The quantitative estimate of drug-likeness (QED) is 0.865. The first-order valence-electron chi connectivity index (χ1n) is 7.37. The molecule has 1 heterocycles. The maximum absolute atomic E-state index is 12.2. The monoisotopic (exact) mass is 277 g/mol. The molecule has 0 radical (unpaired) electrons. The fourth-order valence-electron chi connectivity index (χ4n) is 2.75. The van der Waals surface area contributed by atoms with Crippen LogP contribution in [0.25, 0.3) is 0 Å². The first-order valence-corrected chi connectivity index (χ1v) is 7.37. The van der Waals surface area contributed by atoms with Gasteiger partial charge in [0.1, 0.15) is 5.75 Å². The molecule has 1 N–H and O–H groups in total. The number of hydrogen-bond acceptors (Lipinski definition) is 3. The van der Waals surface area contributed by atoms with Crippen LogP contribution in [0.2, 0.25) is 0 Å². The van der Waals surface area contributed by atoms with Gasteiger partial charge in [0.15, 0.2) is 0 Å². The van der Waals surface area contributed by atoms with Crippen molar-refractivity contribution < 1.29 is 14.6 Å². The number of likely N-dealkylation sites (tertiary alicyclic amines) is 1. The molecule has 0 saturated carbocycles. The maximum Gasteiger partial charge on any atom is 0.223 e. The van der Waals surface area contributed by atoms with Gasteiger partial charge < -0.3 is 14.7 Å². The number of carbonyl (C=O) groups is 1. The lowest BCUT2D eigenvalue weighted by molar-refractivity contribution is -0.132. The highest BCUT2D eigenvalue weighted by atomic mass is 16.5. The number of amides is 1. The number of aliphatic hydroxyl groups excluding tert-OH is 1. The number of para-hydroxylation sites is 1. The van der Waals surface area contributed by atoms with Gasteiger partial charge in [-0.3, -0.25) is 4.79 Å². The van der Waals surface area contributed by atoms with Crippen LogP contribution in [0.15, 0.2) is 24.3 Å². The Kier molecular flexibility index (Phi) is 5.41. The molecule has 20 heavy (non-hydrogen) atoms. The van der Waals surface area contributed by atoms with Crippen LogP contribution in [-0.2, 0) is 11.2 Å². The number of aryl methyl sites for hydroxylation is 1. The number of ether oxygens (including phenoxy) is 1. The minimum atomic E-state index is 0.0182. The van der Waals surface area contributed by atoms with Crippen molar-refractivity contribution >= 4 is 5.91 Å². The molecule has 1 saturated heterocycles. The number of hydrogen-bond donors (Lipinski definition) is 1. The number of rotatable bonds is 6. The summed E-state index contributed by atoms with van der Waals surface area (Å²) >= 11 is 0. The first kappa shape index (κ1) is 14.9. The Morgan fingerprint density at radius 1 is 1.45 bits per heavy atom. The molecule has 1 aromatic carbocycles. The van der Waals surface area contributed by atoms with E-state index < -0.39 is 0 Å². The van der Waals surface area contributed by atoms with Gasteiger partial charge in [-0.05, 0) is 37.8 Å². The lowest BCUT2D eigenvalue weighted by Crippen LogP contribution is -2.37. The van der Waals surface area contributed by atoms with E-state index >= 15 is 0 Å². The van der Waals surface area contributed by atoms with E-state index in [2.05, 4.69) is 0 Å². The molecule has 1 aliphatic heterocycles. The van der Waals surface area contributed by atoms with Crippen molar-refractivity contribution in [1.82, 2.24) is 4.90 Å². The second-order valence-electron chi connectivity index (χ2n) is 5.11. The molecule has 0 bridgehead atoms. The summed E-state index contributed by atoms with van der Waals surface area (Å²) < 4.78 is 5.57. The van der Waals surface area contributed by atoms with Gasteiger partial charge in [-0.25, -0.2) is 0 Å². The van der Waals surface area contributed by atoms with E-state index in [9.17, 15) is 9.90 Å². The molecule has 4 nitrogen and oxygen atoms in total. The van der Waals surface area contributed by atoms with Crippen molar-refractivity contribution in [3.63, 3.8) is 0 Å². The van der Waals surface area contributed by atoms with Crippen LogP contribution >= 0.6 is 0 Å². The number of nitrogens with zero attached hydrogens (tertiary/aromatic N) is 1. The van der Waals surface area contributed by atoms with E-state index in [0.29, 0.717) is 19.4 Å². The molecule has 1 amide bonds. The van der Waals surface area contributed by atoms with Crippen molar-refractivity contribution in [2.24, 2.45) is 0 Å². The molecule has 4 heteroatoms. The molecular weight excluding hydrogens is 254 g/mol. The topological polar surface area (TPSA) is 49.8 Å². The van der Waals surface area contributed by atoms with Gasteiger partial charge in [-0.2, -0.15) is 0 Å². The van der Waals surface area contributed by atoms with Crippen molar-refractivity contribution in [3.05, 3.63) is 29.8 Å². The highest BCUT2D eigenvalue weighted by Crippen LogP contribution is 2.22. The van der Waals surface area contributed by atoms with Gasteiger partial charge in [0, 0.05) is 13.0 Å². The van der Waals surface area contributed by atoms with E-state index in [1.165, 1.54) is 0 Å². The van der Waals surface area contributed by atoms with E-state index in [0.717, 1.165) is 30.7 Å². The van der Waals surface area contributed by atoms with Crippen molar-refractivity contribution in [3.8, 4) is 5.75 Å². The van der Waals surface area contributed by atoms with Gasteiger partial charge in [0.25, 0.3) is 0 Å². The van der Waals surface area contributed by atoms with Crippen LogP contribution in [0.4, 0.5) is 0 Å². The fraction of sp³-hybridized carbons (Fsp3) is 0.562. The summed E-state index contributed by atoms with van der Waals surface area (Å²) in [6, 6.07) is 7.87. The van der Waals surface area contributed by atoms with Crippen molar-refractivity contribution in [2.75, 3.05) is 19.8 Å². The first-order chi connectivity index (χ1) is 9.76. The van der Waals surface area contributed by atoms with Gasteiger partial charge >= 0.3 is 0 Å². The summed E-state index contributed by atoms with van der Waals surface area (Å²) in [4.78, 5) is 14.1. The van der Waals surface area contributed by atoms with Crippen LogP contribution < -0.4 is 4.74 Å². The Balaban J connectivity index is 1.93. The average molecular weight is 277 g/mol. The lowest BCUT2D eigenvalue weighted by Gasteiger charge is -2.23. The molecule has 0 unspecified atom stereocenters. The summed E-state index contributed by atoms with van der Waals surface area (Å²) in [5, 5.41) is 9.27. The van der Waals surface area contributed by atoms with E-state index in [4.69, 9.17) is 4.74 Å². The Hall–Kier alpha value is -1.55. The van der Waals surface area contributed by atoms with Crippen LogP contribution in [0, 0.1) is 0 Å². The summed E-state index contributed by atoms with van der Waals surface area (Å²) in [5.74, 6) is 0.996. The van der Waals surface area contributed by atoms with Crippen molar-refractivity contribution in [1.29, 1.82) is 0 Å². The van der Waals surface area contributed by atoms with Gasteiger partial charge in [0.2, 0.25) is 5.91 Å². The fourth-order valence-corrected chi connectivity index (χ4v) is 2.75. The minimum absolute atomic E-state index is 0.0182. The normalized spacial score (nSPS) is 18.3. The third-order valence-corrected chi connectivity index (χ3v) is 3.79. The maximum atomic E-state index is 12.2. The molecule has 1 fully saturated rings. The smallest absolute Gasteiger partial charge is 0.223 e. The van der Waals surface area contributed by atoms with E-state index in [-0.39, 0.29) is 18.6 Å². The molecular formula is C16H23NO3. The second kappa shape index (κ2) is 7.29. The Morgan fingerprint density at radius 3 is 3.00 bits per heavy atom. The standard InChI is InChI=1S/C16H23NO3/c1-2-20-15-8-4-3-6-13(15)9-10-16(19)17-11-5-7-14(17)12-18/h3-4,6,8,14,18H,2,5,7,9-12H2,1H3/t14-/m0/s1. The third kappa shape index (κ3) is 3.51. The summed E-state index contributed by atoms with van der Waals surface area (Å²) in [6.07, 6.45) is 3.06. The molecule has 0 aromatic heterocycles. The summed E-state index contributed by atoms with van der Waals surface area (Å²) in [7, 11) is 0. The molecule has 110 valence electrons. The molecule has 1 atom stereocenters. The molecule has 1 aromatic rings. The van der Waals surface area contributed by atoms with Crippen molar-refractivity contribution in [2.45, 2.75) is 38.6 Å². The second-order valence-corrected chi connectivity index (χ2v) is 5.11. The Labute approximate surface area is 120 Å². The highest BCUT2D eigenvalue weighted by molar-refractivity contribution is 5.77. The van der Waals surface area contributed by atoms with Crippen LogP contribution in [0.1, 0.15) is 31.7 Å².